The van der Waals surface area contributed by atoms with Crippen molar-refractivity contribution in [3.63, 3.8) is 0 Å². The predicted octanol–water partition coefficient (Wildman–Crippen LogP) is 12.8. The average Bonchev–Trinajstić information content (AvgIpc) is 3.04. The van der Waals surface area contributed by atoms with Gasteiger partial charge in [-0.25, -0.2) is 0 Å². The molecule has 7 aromatic rings. The van der Waals surface area contributed by atoms with Crippen LogP contribution in [-0.4, -0.2) is 0 Å². The lowest BCUT2D eigenvalue weighted by molar-refractivity contribution is 1.15. The van der Waals surface area contributed by atoms with Crippen molar-refractivity contribution >= 4 is 38.4 Å². The summed E-state index contributed by atoms with van der Waals surface area (Å²) in [6, 6.07) is 30.9. The maximum absolute atomic E-state index is 2.59. The van der Waals surface area contributed by atoms with E-state index in [1.54, 1.807) is 0 Å². The van der Waals surface area contributed by atoms with Gasteiger partial charge in [-0.05, 0) is 166 Å². The second-order valence-electron chi connectivity index (χ2n) is 14.7. The minimum Gasteiger partial charge on any atom is -0.0795 e. The van der Waals surface area contributed by atoms with Gasteiger partial charge in [0.2, 0.25) is 0 Å². The summed E-state index contributed by atoms with van der Waals surface area (Å²) in [5.41, 5.74) is 23.0. The van der Waals surface area contributed by atoms with Gasteiger partial charge in [-0.2, -0.15) is 0 Å². The van der Waals surface area contributed by atoms with Gasteiger partial charge in [0.25, 0.3) is 0 Å². The second-order valence-corrected chi connectivity index (χ2v) is 14.7. The van der Waals surface area contributed by atoms with Crippen molar-refractivity contribution in [3.8, 4) is 22.3 Å². The number of hydrogen-bond acceptors (Lipinski definition) is 0. The van der Waals surface area contributed by atoms with E-state index in [0.717, 1.165) is 6.42 Å². The van der Waals surface area contributed by atoms with Crippen molar-refractivity contribution < 1.29 is 0 Å². The summed E-state index contributed by atoms with van der Waals surface area (Å²) in [4.78, 5) is 0. The molecule has 0 heterocycles. The van der Waals surface area contributed by atoms with Gasteiger partial charge in [0.1, 0.15) is 0 Å². The number of benzene rings is 7. The molecule has 0 aliphatic heterocycles. The van der Waals surface area contributed by atoms with Gasteiger partial charge in [0, 0.05) is 49.4 Å². The number of hydrogen-bond donors (Lipinski definition) is 0. The lowest BCUT2D eigenvalue weighted by Gasteiger charge is -2.29. The number of rotatable bonds is 2. The van der Waals surface area contributed by atoms with Crippen molar-refractivity contribution in [2.24, 2.45) is 0 Å². The quantitative estimate of drug-likeness (QED) is 0.134. The molecule has 0 heteroatoms. The molecule has 0 nitrogen and oxygen atoms in total. The van der Waals surface area contributed by atoms with Crippen molar-refractivity contribution in [2.75, 3.05) is 0 Å². The van der Waals surface area contributed by atoms with Crippen LogP contribution in [0.15, 0.2) is 84.9 Å². The highest BCUT2D eigenvalue weighted by Gasteiger charge is 2.38. The molecule has 0 atom stereocenters. The highest BCUT2D eigenvalue weighted by atomic mass is 14.4. The van der Waals surface area contributed by atoms with Crippen LogP contribution < -0.4 is 0 Å². The van der Waals surface area contributed by atoms with E-state index in [1.165, 1.54) is 133 Å². The lowest BCUT2D eigenvalue weighted by Crippen LogP contribution is -2.15. The van der Waals surface area contributed by atoms with E-state index in [9.17, 15) is 0 Å². The fourth-order valence-electron chi connectivity index (χ4n) is 9.61. The molecule has 0 aromatic heterocycles. The third-order valence-corrected chi connectivity index (χ3v) is 11.3. The van der Waals surface area contributed by atoms with Gasteiger partial charge in [-0.15, -0.1) is 0 Å². The van der Waals surface area contributed by atoms with Crippen LogP contribution in [0.5, 0.6) is 0 Å². The Labute approximate surface area is 284 Å². The molecular formula is C48H41+. The summed E-state index contributed by atoms with van der Waals surface area (Å²) in [5, 5.41) is 8.24. The SMILES string of the molecule is Cc1cc(C)c(-c2c3c4c(ccc(C)c4c4cc5c(cc24)[C+](c2c(C)cc(C)cc2C)c2cccc4ccc(C)c-5c24)CC=C3)c(C)c1. The van der Waals surface area contributed by atoms with Gasteiger partial charge in [0.15, 0.2) is 0 Å². The zero-order valence-corrected chi connectivity index (χ0v) is 29.4. The molecular weight excluding hydrogens is 577 g/mol. The molecule has 0 bridgehead atoms. The first kappa shape index (κ1) is 29.1. The molecule has 0 amide bonds. The van der Waals surface area contributed by atoms with Crippen LogP contribution in [0, 0.1) is 61.3 Å². The molecule has 0 spiro atoms. The minimum atomic E-state index is 0.973. The Bertz CT molecular complexity index is 2560. The third-order valence-electron chi connectivity index (χ3n) is 11.3. The standard InChI is InChI=1S/C48H41/c1-25-19-29(5)41(30(6)20-25)47-35-13-9-11-33-17-15-27(3)43(45(33)35)37-23-38-40(24-39(37)47)48(42-31(7)21-26(2)22-32(42)8)36-14-10-12-34-18-16-28(4)44(38)46(34)36/h9-11,13-24H,12H2,1-8H3/q+1. The van der Waals surface area contributed by atoms with E-state index in [2.05, 4.69) is 146 Å². The van der Waals surface area contributed by atoms with Crippen molar-refractivity contribution in [1.29, 1.82) is 0 Å². The Hall–Kier alpha value is -5.07. The van der Waals surface area contributed by atoms with Crippen molar-refractivity contribution in [2.45, 2.75) is 61.8 Å². The smallest absolute Gasteiger partial charge is 0.0650 e. The summed E-state index contributed by atoms with van der Waals surface area (Å²) in [6.07, 6.45) is 5.76. The highest BCUT2D eigenvalue weighted by molar-refractivity contribution is 6.23. The molecule has 2 aliphatic rings. The Balaban J connectivity index is 1.54. The molecule has 48 heavy (non-hydrogen) atoms. The Morgan fingerprint density at radius 2 is 1.19 bits per heavy atom. The van der Waals surface area contributed by atoms with Crippen LogP contribution in [-0.2, 0) is 6.42 Å². The Morgan fingerprint density at radius 3 is 1.92 bits per heavy atom. The molecule has 0 saturated heterocycles. The van der Waals surface area contributed by atoms with E-state index < -0.39 is 0 Å². The summed E-state index contributed by atoms with van der Waals surface area (Å²) < 4.78 is 0. The fourth-order valence-corrected chi connectivity index (χ4v) is 9.61. The summed E-state index contributed by atoms with van der Waals surface area (Å²) in [5.74, 6) is 1.36. The van der Waals surface area contributed by atoms with Crippen LogP contribution in [0.25, 0.3) is 60.6 Å². The molecule has 0 saturated carbocycles. The zero-order valence-electron chi connectivity index (χ0n) is 29.4. The molecule has 7 aromatic carbocycles. The first-order valence-electron chi connectivity index (χ1n) is 17.4. The fraction of sp³-hybridized carbons (Fsp3) is 0.188. The number of aryl methyl sites for hydroxylation is 8. The average molecular weight is 618 g/mol. The normalized spacial score (nSPS) is 13.2. The first-order chi connectivity index (χ1) is 23.1. The lowest BCUT2D eigenvalue weighted by atomic mass is 9.69. The van der Waals surface area contributed by atoms with Crippen LogP contribution in [0.3, 0.4) is 0 Å². The summed E-state index contributed by atoms with van der Waals surface area (Å²) >= 11 is 0. The largest absolute Gasteiger partial charge is 0.0795 e. The zero-order chi connectivity index (χ0) is 33.2. The van der Waals surface area contributed by atoms with Gasteiger partial charge in [0.05, 0.1) is 22.6 Å². The monoisotopic (exact) mass is 617 g/mol. The highest BCUT2D eigenvalue weighted by Crippen LogP contribution is 2.54. The second kappa shape index (κ2) is 10.2. The van der Waals surface area contributed by atoms with Crippen LogP contribution >= 0.6 is 0 Å². The molecule has 2 aliphatic carbocycles. The van der Waals surface area contributed by atoms with Crippen molar-refractivity contribution in [3.05, 3.63) is 163 Å². The van der Waals surface area contributed by atoms with E-state index in [0.29, 0.717) is 0 Å². The molecule has 9 rings (SSSR count). The van der Waals surface area contributed by atoms with E-state index in [4.69, 9.17) is 0 Å². The molecule has 0 unspecified atom stereocenters. The van der Waals surface area contributed by atoms with E-state index in [1.807, 2.05) is 0 Å². The molecule has 0 N–H and O–H groups in total. The van der Waals surface area contributed by atoms with Crippen LogP contribution in [0.4, 0.5) is 0 Å². The predicted molar refractivity (Wildman–Crippen MR) is 207 cm³/mol. The maximum atomic E-state index is 2.59. The van der Waals surface area contributed by atoms with Gasteiger partial charge >= 0.3 is 0 Å². The van der Waals surface area contributed by atoms with Crippen LogP contribution in [0.2, 0.25) is 0 Å². The molecule has 232 valence electrons. The van der Waals surface area contributed by atoms with Gasteiger partial charge < -0.3 is 0 Å². The molecule has 0 radical (unpaired) electrons. The summed E-state index contributed by atoms with van der Waals surface area (Å²) in [7, 11) is 0. The Kier molecular flexibility index (Phi) is 6.19. The van der Waals surface area contributed by atoms with E-state index >= 15 is 0 Å². The van der Waals surface area contributed by atoms with Crippen LogP contribution in [0.1, 0.15) is 72.3 Å². The number of allylic oxidation sites excluding steroid dienone is 1. The number of fused-ring (bicyclic) bond motifs is 4. The Morgan fingerprint density at radius 1 is 0.500 bits per heavy atom. The maximum Gasteiger partial charge on any atom is 0.0650 e. The first-order valence-corrected chi connectivity index (χ1v) is 17.4. The molecule has 0 fully saturated rings. The van der Waals surface area contributed by atoms with Gasteiger partial charge in [-0.3, -0.25) is 0 Å². The van der Waals surface area contributed by atoms with Gasteiger partial charge in [-0.1, -0.05) is 48.0 Å². The minimum absolute atomic E-state index is 0.973. The third kappa shape index (κ3) is 3.93. The van der Waals surface area contributed by atoms with E-state index in [-0.39, 0.29) is 0 Å². The summed E-state index contributed by atoms with van der Waals surface area (Å²) in [6.45, 7) is 18.2. The van der Waals surface area contributed by atoms with Crippen molar-refractivity contribution in [1.82, 2.24) is 0 Å². The topological polar surface area (TPSA) is 0 Å².